The van der Waals surface area contributed by atoms with Gasteiger partial charge in [-0.05, 0) is 55.5 Å². The fourth-order valence-electron chi connectivity index (χ4n) is 3.31. The summed E-state index contributed by atoms with van der Waals surface area (Å²) in [6.45, 7) is 3.91. The van der Waals surface area contributed by atoms with Crippen LogP contribution in [0.4, 0.5) is 5.69 Å². The van der Waals surface area contributed by atoms with Gasteiger partial charge in [-0.1, -0.05) is 0 Å². The predicted molar refractivity (Wildman–Crippen MR) is 83.2 cm³/mol. The van der Waals surface area contributed by atoms with Crippen molar-refractivity contribution in [2.75, 3.05) is 5.32 Å². The Hall–Kier alpha value is -0.880. The summed E-state index contributed by atoms with van der Waals surface area (Å²) in [4.78, 5) is 12.2. The van der Waals surface area contributed by atoms with E-state index in [1.165, 1.54) is 17.5 Å². The number of fused-ring (bicyclic) bond motifs is 2. The van der Waals surface area contributed by atoms with Crippen molar-refractivity contribution in [3.8, 4) is 0 Å². The van der Waals surface area contributed by atoms with Gasteiger partial charge >= 0.3 is 0 Å². The van der Waals surface area contributed by atoms with Gasteiger partial charge in [-0.3, -0.25) is 4.79 Å². The van der Waals surface area contributed by atoms with Crippen LogP contribution in [0.2, 0.25) is 0 Å². The van der Waals surface area contributed by atoms with Gasteiger partial charge in [-0.15, -0.1) is 0 Å². The monoisotopic (exact) mass is 340 g/mol. The number of nitrogens with one attached hydrogen (secondary N) is 2. The molecule has 0 saturated carbocycles. The quantitative estimate of drug-likeness (QED) is 0.886. The Labute approximate surface area is 127 Å². The zero-order chi connectivity index (χ0) is 14.3. The minimum Gasteiger partial charge on any atom is -0.380 e. The Morgan fingerprint density at radius 3 is 2.65 bits per heavy atom. The third kappa shape index (κ3) is 2.63. The highest BCUT2D eigenvalue weighted by Crippen LogP contribution is 2.29. The number of piperidine rings is 1. The number of hydrogen-bond acceptors (Lipinski definition) is 4. The maximum absolute atomic E-state index is 12.2. The molecule has 0 radical (unpaired) electrons. The number of halogens is 1. The molecule has 20 heavy (non-hydrogen) atoms. The van der Waals surface area contributed by atoms with Gasteiger partial charge in [-0.25, -0.2) is 4.68 Å². The van der Waals surface area contributed by atoms with Gasteiger partial charge in [0.25, 0.3) is 5.56 Å². The summed E-state index contributed by atoms with van der Waals surface area (Å²) >= 11 is 3.42. The average molecular weight is 341 g/mol. The van der Waals surface area contributed by atoms with Crippen molar-refractivity contribution in [3.63, 3.8) is 0 Å². The molecule has 2 bridgehead atoms. The lowest BCUT2D eigenvalue weighted by Crippen LogP contribution is -2.43. The first-order chi connectivity index (χ1) is 9.54. The first kappa shape index (κ1) is 14.1. The summed E-state index contributed by atoms with van der Waals surface area (Å²) in [6, 6.07) is 1.77. The third-order valence-electron chi connectivity index (χ3n) is 4.27. The first-order valence-electron chi connectivity index (χ1n) is 7.34. The van der Waals surface area contributed by atoms with Crippen LogP contribution in [-0.4, -0.2) is 27.9 Å². The van der Waals surface area contributed by atoms with Crippen LogP contribution < -0.4 is 16.2 Å². The first-order valence-corrected chi connectivity index (χ1v) is 8.14. The summed E-state index contributed by atoms with van der Waals surface area (Å²) in [6.07, 6.45) is 6.55. The lowest BCUT2D eigenvalue weighted by Gasteiger charge is -2.30. The fraction of sp³-hybridized carbons (Fsp3) is 0.714. The van der Waals surface area contributed by atoms with Crippen LogP contribution in [0.25, 0.3) is 0 Å². The fourth-order valence-corrected chi connectivity index (χ4v) is 3.71. The molecule has 0 amide bonds. The molecule has 2 unspecified atom stereocenters. The van der Waals surface area contributed by atoms with E-state index in [1.807, 2.05) is 13.8 Å². The topological polar surface area (TPSA) is 59.0 Å². The van der Waals surface area contributed by atoms with Crippen molar-refractivity contribution in [1.29, 1.82) is 0 Å². The van der Waals surface area contributed by atoms with Gasteiger partial charge in [0.05, 0.1) is 17.9 Å². The number of aromatic nitrogens is 2. The molecule has 6 heteroatoms. The number of rotatable bonds is 3. The van der Waals surface area contributed by atoms with Crippen LogP contribution in [0.3, 0.4) is 0 Å². The second-order valence-corrected chi connectivity index (χ2v) is 6.96. The van der Waals surface area contributed by atoms with E-state index in [1.54, 1.807) is 6.20 Å². The second kappa shape index (κ2) is 5.48. The molecule has 2 aliphatic heterocycles. The second-order valence-electron chi connectivity index (χ2n) is 6.17. The Bertz CT molecular complexity index is 545. The molecule has 0 aromatic carbocycles. The van der Waals surface area contributed by atoms with E-state index in [-0.39, 0.29) is 11.6 Å². The minimum atomic E-state index is -0.0677. The molecular weight excluding hydrogens is 320 g/mol. The summed E-state index contributed by atoms with van der Waals surface area (Å²) < 4.78 is 2.09. The van der Waals surface area contributed by atoms with Crippen molar-refractivity contribution in [2.45, 2.75) is 63.7 Å². The standard InChI is InChI=1S/C14H21BrN4O/c1-8(2)19-14(20)13(15)12(7-16-19)18-11-5-9-3-4-10(6-11)17-9/h7-11,17-18H,3-6H2,1-2H3. The number of anilines is 1. The van der Waals surface area contributed by atoms with E-state index >= 15 is 0 Å². The van der Waals surface area contributed by atoms with Crippen LogP contribution in [0.15, 0.2) is 15.5 Å². The van der Waals surface area contributed by atoms with E-state index in [2.05, 4.69) is 31.7 Å². The van der Waals surface area contributed by atoms with E-state index in [9.17, 15) is 4.79 Å². The Morgan fingerprint density at radius 1 is 1.40 bits per heavy atom. The molecule has 5 nitrogen and oxygen atoms in total. The molecule has 0 aliphatic carbocycles. The van der Waals surface area contributed by atoms with Crippen molar-refractivity contribution < 1.29 is 0 Å². The largest absolute Gasteiger partial charge is 0.380 e. The zero-order valence-electron chi connectivity index (χ0n) is 11.9. The van der Waals surface area contributed by atoms with Crippen LogP contribution in [-0.2, 0) is 0 Å². The molecule has 1 aromatic heterocycles. The van der Waals surface area contributed by atoms with Crippen molar-refractivity contribution in [3.05, 3.63) is 21.0 Å². The third-order valence-corrected chi connectivity index (χ3v) is 5.03. The van der Waals surface area contributed by atoms with E-state index in [4.69, 9.17) is 0 Å². The predicted octanol–water partition coefficient (Wildman–Crippen LogP) is 2.28. The summed E-state index contributed by atoms with van der Waals surface area (Å²) in [5.41, 5.74) is 0.750. The molecule has 2 aliphatic rings. The maximum Gasteiger partial charge on any atom is 0.283 e. The normalized spacial score (nSPS) is 28.9. The Morgan fingerprint density at radius 2 is 2.05 bits per heavy atom. The number of hydrogen-bond donors (Lipinski definition) is 2. The lowest BCUT2D eigenvalue weighted by atomic mass is 10.00. The minimum absolute atomic E-state index is 0.0677. The molecule has 3 rings (SSSR count). The van der Waals surface area contributed by atoms with Gasteiger partial charge in [0, 0.05) is 18.1 Å². The van der Waals surface area contributed by atoms with E-state index in [0.29, 0.717) is 22.6 Å². The molecule has 0 spiro atoms. The van der Waals surface area contributed by atoms with Crippen molar-refractivity contribution in [1.82, 2.24) is 15.1 Å². The average Bonchev–Trinajstić information content (AvgIpc) is 2.74. The number of nitrogens with zero attached hydrogens (tertiary/aromatic N) is 2. The van der Waals surface area contributed by atoms with Crippen LogP contribution in [0.1, 0.15) is 45.6 Å². The SMILES string of the molecule is CC(C)n1ncc(NC2CC3CCC(C2)N3)c(Br)c1=O. The Kier molecular flexibility index (Phi) is 3.86. The van der Waals surface area contributed by atoms with Crippen LogP contribution in [0, 0.1) is 0 Å². The van der Waals surface area contributed by atoms with E-state index < -0.39 is 0 Å². The zero-order valence-corrected chi connectivity index (χ0v) is 13.5. The molecule has 2 atom stereocenters. The molecule has 110 valence electrons. The summed E-state index contributed by atoms with van der Waals surface area (Å²) in [7, 11) is 0. The van der Waals surface area contributed by atoms with Gasteiger partial charge in [0.2, 0.25) is 0 Å². The molecule has 3 heterocycles. The molecule has 2 saturated heterocycles. The highest BCUT2D eigenvalue weighted by Gasteiger charge is 2.33. The molecule has 1 aromatic rings. The van der Waals surface area contributed by atoms with E-state index in [0.717, 1.165) is 18.5 Å². The molecule has 2 N–H and O–H groups in total. The Balaban J connectivity index is 1.78. The smallest absolute Gasteiger partial charge is 0.283 e. The van der Waals surface area contributed by atoms with Crippen molar-refractivity contribution in [2.24, 2.45) is 0 Å². The highest BCUT2D eigenvalue weighted by atomic mass is 79.9. The van der Waals surface area contributed by atoms with Gasteiger partial charge in [0.1, 0.15) is 4.47 Å². The van der Waals surface area contributed by atoms with Gasteiger partial charge in [-0.2, -0.15) is 5.10 Å². The van der Waals surface area contributed by atoms with Crippen molar-refractivity contribution >= 4 is 21.6 Å². The van der Waals surface area contributed by atoms with Gasteiger partial charge < -0.3 is 10.6 Å². The van der Waals surface area contributed by atoms with Gasteiger partial charge in [0.15, 0.2) is 0 Å². The maximum atomic E-state index is 12.2. The lowest BCUT2D eigenvalue weighted by molar-refractivity contribution is 0.378. The summed E-state index contributed by atoms with van der Waals surface area (Å²) in [5.74, 6) is 0. The molecule has 2 fully saturated rings. The van der Waals surface area contributed by atoms with Crippen LogP contribution in [0.5, 0.6) is 0 Å². The summed E-state index contributed by atoms with van der Waals surface area (Å²) in [5, 5.41) is 11.4. The highest BCUT2D eigenvalue weighted by molar-refractivity contribution is 9.10. The van der Waals surface area contributed by atoms with Crippen LogP contribution >= 0.6 is 15.9 Å². The molecular formula is C14H21BrN4O.